The van der Waals surface area contributed by atoms with Crippen molar-refractivity contribution in [2.24, 2.45) is 0 Å². The molecule has 0 saturated heterocycles. The highest BCUT2D eigenvalue weighted by atomic mass is 35.5. The van der Waals surface area contributed by atoms with Crippen molar-refractivity contribution in [2.45, 2.75) is 0 Å². The number of aromatic nitrogens is 1. The van der Waals surface area contributed by atoms with Gasteiger partial charge in [0, 0.05) is 11.6 Å². The molecule has 0 radical (unpaired) electrons. The molecule has 4 aromatic rings. The Morgan fingerprint density at radius 3 is 1.93 bits per heavy atom. The summed E-state index contributed by atoms with van der Waals surface area (Å²) in [4.78, 5) is 12.6. The third-order valence-corrected chi connectivity index (χ3v) is 4.73. The second kappa shape index (κ2) is 7.22. The highest BCUT2D eigenvalue weighted by Gasteiger charge is 2.20. The van der Waals surface area contributed by atoms with Gasteiger partial charge in [-0.25, -0.2) is 4.39 Å². The second-order valence-corrected chi connectivity index (χ2v) is 6.45. The minimum absolute atomic E-state index is 0.0594. The minimum atomic E-state index is -0.397. The van der Waals surface area contributed by atoms with Gasteiger partial charge in [0.1, 0.15) is 10.8 Å². The van der Waals surface area contributed by atoms with E-state index in [0.29, 0.717) is 17.1 Å². The molecule has 2 nitrogen and oxygen atoms in total. The Bertz CT molecular complexity index is 1150. The fourth-order valence-corrected chi connectivity index (χ4v) is 3.39. The van der Waals surface area contributed by atoms with Crippen LogP contribution in [0, 0.1) is 5.82 Å². The van der Waals surface area contributed by atoms with Gasteiger partial charge in [-0.3, -0.25) is 4.79 Å². The summed E-state index contributed by atoms with van der Waals surface area (Å²) in [6, 6.07) is 26.6. The maximum absolute atomic E-state index is 14.8. The van der Waals surface area contributed by atoms with E-state index in [1.165, 1.54) is 12.1 Å². The van der Waals surface area contributed by atoms with Crippen LogP contribution in [0.4, 0.5) is 4.39 Å². The van der Waals surface area contributed by atoms with Gasteiger partial charge in [0.15, 0.2) is 0 Å². The lowest BCUT2D eigenvalue weighted by molar-refractivity contribution is 0.619. The van der Waals surface area contributed by atoms with Crippen LogP contribution in [0.15, 0.2) is 95.8 Å². The van der Waals surface area contributed by atoms with Crippen LogP contribution < -0.4 is 5.43 Å². The third kappa shape index (κ3) is 3.18. The number of halogens is 2. The fraction of sp³-hybridized carbons (Fsp3) is 0. The molecule has 0 spiro atoms. The van der Waals surface area contributed by atoms with E-state index in [2.05, 4.69) is 0 Å². The highest BCUT2D eigenvalue weighted by molar-refractivity contribution is 6.33. The fourth-order valence-electron chi connectivity index (χ4n) is 3.14. The summed E-state index contributed by atoms with van der Waals surface area (Å²) in [6.07, 6.45) is 0. The van der Waals surface area contributed by atoms with Gasteiger partial charge in [0.2, 0.25) is 5.43 Å². The molecule has 0 saturated carbocycles. The lowest BCUT2D eigenvalue weighted by atomic mass is 10.1. The minimum Gasteiger partial charge on any atom is -0.305 e. The maximum Gasteiger partial charge on any atom is 0.201 e. The monoisotopic (exact) mass is 375 g/mol. The summed E-state index contributed by atoms with van der Waals surface area (Å²) < 4.78 is 16.5. The molecule has 0 N–H and O–H groups in total. The lowest BCUT2D eigenvalue weighted by Crippen LogP contribution is -2.14. The van der Waals surface area contributed by atoms with Crippen molar-refractivity contribution in [3.05, 3.63) is 112 Å². The molecule has 0 aliphatic rings. The Balaban J connectivity index is 2.17. The van der Waals surface area contributed by atoms with Gasteiger partial charge < -0.3 is 4.57 Å². The van der Waals surface area contributed by atoms with Crippen LogP contribution in [0.2, 0.25) is 5.02 Å². The van der Waals surface area contributed by atoms with Crippen molar-refractivity contribution in [1.29, 1.82) is 0 Å². The molecule has 4 rings (SSSR count). The molecule has 0 bridgehead atoms. The summed E-state index contributed by atoms with van der Waals surface area (Å²) in [5, 5.41) is 0.0594. The molecule has 3 aromatic carbocycles. The number of nitrogens with zero attached hydrogens (tertiary/aromatic N) is 1. The van der Waals surface area contributed by atoms with E-state index in [4.69, 9.17) is 11.6 Å². The molecule has 1 aromatic heterocycles. The van der Waals surface area contributed by atoms with Crippen molar-refractivity contribution >= 4 is 11.6 Å². The van der Waals surface area contributed by atoms with E-state index in [9.17, 15) is 9.18 Å². The topological polar surface area (TPSA) is 22.0 Å². The first kappa shape index (κ1) is 17.3. The first-order valence-electron chi connectivity index (χ1n) is 8.48. The van der Waals surface area contributed by atoms with Crippen molar-refractivity contribution < 1.29 is 4.39 Å². The van der Waals surface area contributed by atoms with Gasteiger partial charge in [-0.2, -0.15) is 0 Å². The summed E-state index contributed by atoms with van der Waals surface area (Å²) in [7, 11) is 0. The number of para-hydroxylation sites is 1. The van der Waals surface area contributed by atoms with E-state index >= 15 is 0 Å². The Morgan fingerprint density at radius 2 is 1.30 bits per heavy atom. The maximum atomic E-state index is 14.8. The Hall–Kier alpha value is -3.17. The molecule has 0 amide bonds. The predicted octanol–water partition coefficient (Wildman–Crippen LogP) is 5.96. The zero-order valence-electron chi connectivity index (χ0n) is 14.3. The van der Waals surface area contributed by atoms with Crippen molar-refractivity contribution in [3.63, 3.8) is 0 Å². The van der Waals surface area contributed by atoms with Gasteiger partial charge in [0.05, 0.1) is 17.1 Å². The number of hydrogen-bond donors (Lipinski definition) is 0. The predicted molar refractivity (Wildman–Crippen MR) is 108 cm³/mol. The first-order chi connectivity index (χ1) is 13.2. The molecule has 4 heteroatoms. The first-order valence-corrected chi connectivity index (χ1v) is 8.86. The van der Waals surface area contributed by atoms with Crippen LogP contribution in [0.5, 0.6) is 0 Å². The molecule has 0 fully saturated rings. The van der Waals surface area contributed by atoms with E-state index in [1.54, 1.807) is 22.8 Å². The van der Waals surface area contributed by atoms with Crippen LogP contribution in [0.25, 0.3) is 28.2 Å². The summed E-state index contributed by atoms with van der Waals surface area (Å²) in [6.45, 7) is 0. The van der Waals surface area contributed by atoms with E-state index in [0.717, 1.165) is 11.1 Å². The highest BCUT2D eigenvalue weighted by Crippen LogP contribution is 2.34. The molecule has 0 unspecified atom stereocenters. The van der Waals surface area contributed by atoms with Gasteiger partial charge in [-0.1, -0.05) is 84.4 Å². The molecule has 1 heterocycles. The molecule has 0 aliphatic carbocycles. The quantitative estimate of drug-likeness (QED) is 0.432. The molecular formula is C23H15ClFNO. The van der Waals surface area contributed by atoms with Gasteiger partial charge in [-0.15, -0.1) is 0 Å². The molecule has 0 aliphatic heterocycles. The Kier molecular flexibility index (Phi) is 4.61. The van der Waals surface area contributed by atoms with Crippen molar-refractivity contribution in [2.75, 3.05) is 0 Å². The molecule has 0 atom stereocenters. The van der Waals surface area contributed by atoms with E-state index < -0.39 is 5.82 Å². The smallest absolute Gasteiger partial charge is 0.201 e. The van der Waals surface area contributed by atoms with Gasteiger partial charge in [0.25, 0.3) is 0 Å². The Morgan fingerprint density at radius 1 is 0.741 bits per heavy atom. The zero-order valence-corrected chi connectivity index (χ0v) is 15.0. The van der Waals surface area contributed by atoms with Crippen LogP contribution >= 0.6 is 11.6 Å². The van der Waals surface area contributed by atoms with Crippen LogP contribution in [0.1, 0.15) is 0 Å². The average Bonchev–Trinajstić information content (AvgIpc) is 2.71. The van der Waals surface area contributed by atoms with Crippen LogP contribution in [0.3, 0.4) is 0 Å². The lowest BCUT2D eigenvalue weighted by Gasteiger charge is -2.21. The number of hydrogen-bond acceptors (Lipinski definition) is 1. The van der Waals surface area contributed by atoms with Crippen LogP contribution in [-0.4, -0.2) is 4.57 Å². The van der Waals surface area contributed by atoms with E-state index in [-0.39, 0.29) is 10.5 Å². The number of pyridine rings is 1. The van der Waals surface area contributed by atoms with E-state index in [1.807, 2.05) is 60.7 Å². The zero-order chi connectivity index (χ0) is 18.8. The Labute approximate surface area is 161 Å². The van der Waals surface area contributed by atoms with Crippen LogP contribution in [-0.2, 0) is 0 Å². The summed E-state index contributed by atoms with van der Waals surface area (Å²) >= 11 is 6.44. The summed E-state index contributed by atoms with van der Waals surface area (Å²) in [5.74, 6) is -0.397. The second-order valence-electron chi connectivity index (χ2n) is 6.08. The van der Waals surface area contributed by atoms with Crippen molar-refractivity contribution in [3.8, 4) is 28.2 Å². The molecule has 132 valence electrons. The normalized spacial score (nSPS) is 10.7. The summed E-state index contributed by atoms with van der Waals surface area (Å²) in [5.41, 5.74) is 2.61. The molecule has 27 heavy (non-hydrogen) atoms. The molecular weight excluding hydrogens is 361 g/mol. The number of benzene rings is 3. The van der Waals surface area contributed by atoms with Crippen molar-refractivity contribution in [1.82, 2.24) is 4.57 Å². The standard InChI is InChI=1S/C23H15ClFNO/c24-22-21(27)15-20(16-9-3-1-4-10-16)26(19-14-8-7-13-18(19)25)23(22)17-11-5-2-6-12-17/h1-15H. The van der Waals surface area contributed by atoms with Gasteiger partial charge in [-0.05, 0) is 17.7 Å². The number of rotatable bonds is 3. The largest absolute Gasteiger partial charge is 0.305 e. The average molecular weight is 376 g/mol. The third-order valence-electron chi connectivity index (χ3n) is 4.37. The SMILES string of the molecule is O=c1cc(-c2ccccc2)n(-c2ccccc2F)c(-c2ccccc2)c1Cl. The van der Waals surface area contributed by atoms with Gasteiger partial charge >= 0.3 is 0 Å².